The van der Waals surface area contributed by atoms with Gasteiger partial charge in [-0.05, 0) is 69.3 Å². The highest BCUT2D eigenvalue weighted by Gasteiger charge is 2.35. The van der Waals surface area contributed by atoms with Crippen molar-refractivity contribution in [2.45, 2.75) is 89.4 Å². The van der Waals surface area contributed by atoms with E-state index in [9.17, 15) is 19.2 Å². The van der Waals surface area contributed by atoms with Crippen LogP contribution >= 0.6 is 0 Å². The lowest BCUT2D eigenvalue weighted by Gasteiger charge is -2.36. The number of nitrogens with one attached hydrogen (secondary N) is 4. The Morgan fingerprint density at radius 2 is 1.60 bits per heavy atom. The fraction of sp³-hybridized carbons (Fsp3) is 0.606. The van der Waals surface area contributed by atoms with Crippen LogP contribution in [0, 0.1) is 5.92 Å². The summed E-state index contributed by atoms with van der Waals surface area (Å²) in [5.74, 6) is -0.896. The monoisotopic (exact) mass is 620 g/mol. The lowest BCUT2D eigenvalue weighted by Crippen LogP contribution is -2.57. The van der Waals surface area contributed by atoms with Crippen LogP contribution in [-0.2, 0) is 16.1 Å². The Labute approximate surface area is 265 Å². The van der Waals surface area contributed by atoms with Crippen molar-refractivity contribution < 1.29 is 19.2 Å². The zero-order valence-corrected chi connectivity index (χ0v) is 26.8. The summed E-state index contributed by atoms with van der Waals surface area (Å²) in [6.07, 6.45) is 8.47. The summed E-state index contributed by atoms with van der Waals surface area (Å²) in [6.45, 7) is 7.25. The van der Waals surface area contributed by atoms with Gasteiger partial charge in [-0.2, -0.15) is 5.10 Å². The molecule has 3 fully saturated rings. The minimum atomic E-state index is -0.727. The summed E-state index contributed by atoms with van der Waals surface area (Å²) in [7, 11) is 2.04. The number of carbonyl (C=O) groups excluding carboxylic acids is 4. The van der Waals surface area contributed by atoms with Crippen LogP contribution in [0.4, 0.5) is 10.5 Å². The van der Waals surface area contributed by atoms with Crippen LogP contribution < -0.4 is 21.3 Å². The van der Waals surface area contributed by atoms with Crippen LogP contribution in [0.15, 0.2) is 36.5 Å². The molecular formula is C33H48N8O4. The van der Waals surface area contributed by atoms with E-state index < -0.39 is 12.1 Å². The number of carbonyl (C=O) groups is 4. The standard InChI is InChI=1S/C33H48N8O4/c1-4-41-27(16-17-34-41)30(42)37-29(24-8-6-5-7-9-24)31(43)35-25-12-10-23(11-13-25)22(2)28(38-33(45)36-26-14-15-26)32(44)40-20-18-39(3)19-21-40/h10-13,16-17,22,24,26,28-29H,4-9,14-15,18-21H2,1-3H3,(H,35,43)(H,37,42)(H2,36,38,45)/t22-,28+,29-/m0/s1. The van der Waals surface area contributed by atoms with Gasteiger partial charge in [0.25, 0.3) is 5.91 Å². The van der Waals surface area contributed by atoms with Crippen LogP contribution in [0.1, 0.15) is 80.8 Å². The van der Waals surface area contributed by atoms with Crippen molar-refractivity contribution in [1.29, 1.82) is 0 Å². The van der Waals surface area contributed by atoms with Crippen LogP contribution in [0.25, 0.3) is 0 Å². The molecule has 1 aliphatic heterocycles. The fourth-order valence-corrected chi connectivity index (χ4v) is 6.36. The molecule has 0 bridgehead atoms. The molecule has 0 radical (unpaired) electrons. The molecule has 2 aromatic rings. The van der Waals surface area contributed by atoms with Crippen molar-refractivity contribution in [1.82, 2.24) is 35.5 Å². The van der Waals surface area contributed by atoms with Gasteiger partial charge in [-0.3, -0.25) is 19.1 Å². The number of aryl methyl sites for hydroxylation is 1. The largest absolute Gasteiger partial charge is 0.339 e. The molecule has 5 rings (SSSR count). The number of piperazine rings is 1. The average Bonchev–Trinajstić information content (AvgIpc) is 3.73. The maximum Gasteiger partial charge on any atom is 0.315 e. The maximum atomic E-state index is 13.7. The molecule has 2 saturated carbocycles. The normalized spacial score (nSPS) is 19.7. The molecule has 1 saturated heterocycles. The van der Waals surface area contributed by atoms with E-state index in [1.165, 1.54) is 0 Å². The third kappa shape index (κ3) is 8.42. The molecule has 45 heavy (non-hydrogen) atoms. The highest BCUT2D eigenvalue weighted by Crippen LogP contribution is 2.28. The number of anilines is 1. The third-order valence-corrected chi connectivity index (χ3v) is 9.42. The van der Waals surface area contributed by atoms with Gasteiger partial charge in [-0.15, -0.1) is 0 Å². The van der Waals surface area contributed by atoms with Gasteiger partial charge in [0, 0.05) is 56.6 Å². The van der Waals surface area contributed by atoms with E-state index in [0.29, 0.717) is 31.0 Å². The third-order valence-electron chi connectivity index (χ3n) is 9.42. The number of hydrogen-bond acceptors (Lipinski definition) is 6. The zero-order valence-electron chi connectivity index (χ0n) is 26.8. The predicted molar refractivity (Wildman–Crippen MR) is 172 cm³/mol. The molecule has 3 atom stereocenters. The van der Waals surface area contributed by atoms with Crippen molar-refractivity contribution in [2.24, 2.45) is 5.92 Å². The van der Waals surface area contributed by atoms with Crippen molar-refractivity contribution in [3.8, 4) is 0 Å². The molecule has 0 unspecified atom stereocenters. The predicted octanol–water partition coefficient (Wildman–Crippen LogP) is 2.93. The molecule has 2 aliphatic carbocycles. The van der Waals surface area contributed by atoms with Gasteiger partial charge in [-0.25, -0.2) is 4.79 Å². The fourth-order valence-electron chi connectivity index (χ4n) is 6.36. The van der Waals surface area contributed by atoms with Crippen LogP contribution in [0.2, 0.25) is 0 Å². The molecule has 3 aliphatic rings. The number of aromatic nitrogens is 2. The van der Waals surface area contributed by atoms with E-state index in [2.05, 4.69) is 31.3 Å². The number of likely N-dealkylation sites (N-methyl/N-ethyl adjacent to an activating group) is 1. The summed E-state index contributed by atoms with van der Waals surface area (Å²) in [5, 5.41) is 16.1. The van der Waals surface area contributed by atoms with Crippen molar-refractivity contribution >= 4 is 29.4 Å². The molecule has 12 nitrogen and oxygen atoms in total. The van der Waals surface area contributed by atoms with Gasteiger partial charge >= 0.3 is 6.03 Å². The number of benzene rings is 1. The molecule has 2 heterocycles. The first-order valence-corrected chi connectivity index (χ1v) is 16.5. The number of amides is 5. The topological polar surface area (TPSA) is 141 Å². The SMILES string of the molecule is CCn1nccc1C(=O)N[C@H](C(=O)Nc1ccc([C@H](C)[C@@H](NC(=O)NC2CC2)C(=O)N2CCN(C)CC2)cc1)C1CCCCC1. The Bertz CT molecular complexity index is 1330. The van der Waals surface area contributed by atoms with E-state index in [1.807, 2.05) is 50.1 Å². The smallest absolute Gasteiger partial charge is 0.315 e. The highest BCUT2D eigenvalue weighted by molar-refractivity contribution is 6.00. The first kappa shape index (κ1) is 32.5. The first-order valence-electron chi connectivity index (χ1n) is 16.5. The number of urea groups is 1. The summed E-state index contributed by atoms with van der Waals surface area (Å²) < 4.78 is 1.62. The lowest BCUT2D eigenvalue weighted by atomic mass is 9.83. The van der Waals surface area contributed by atoms with Crippen LogP contribution in [0.5, 0.6) is 0 Å². The molecule has 4 N–H and O–H groups in total. The number of rotatable bonds is 11. The van der Waals surface area contributed by atoms with Crippen molar-refractivity contribution in [3.05, 3.63) is 47.8 Å². The van der Waals surface area contributed by atoms with Crippen molar-refractivity contribution in [3.63, 3.8) is 0 Å². The second kappa shape index (κ2) is 14.9. The van der Waals surface area contributed by atoms with E-state index >= 15 is 0 Å². The lowest BCUT2D eigenvalue weighted by molar-refractivity contribution is -0.135. The van der Waals surface area contributed by atoms with E-state index in [4.69, 9.17) is 0 Å². The van der Waals surface area contributed by atoms with Gasteiger partial charge in [0.1, 0.15) is 17.8 Å². The Morgan fingerprint density at radius 3 is 2.24 bits per heavy atom. The summed E-state index contributed by atoms with van der Waals surface area (Å²) in [6, 6.07) is 7.54. The molecule has 12 heteroatoms. The van der Waals surface area contributed by atoms with Gasteiger partial charge in [0.05, 0.1) is 0 Å². The molecule has 0 spiro atoms. The Morgan fingerprint density at radius 1 is 0.911 bits per heavy atom. The maximum absolute atomic E-state index is 13.7. The minimum Gasteiger partial charge on any atom is -0.339 e. The second-order valence-corrected chi connectivity index (χ2v) is 12.8. The van der Waals surface area contributed by atoms with Crippen LogP contribution in [0.3, 0.4) is 0 Å². The van der Waals surface area contributed by atoms with Gasteiger partial charge in [0.2, 0.25) is 11.8 Å². The van der Waals surface area contributed by atoms with E-state index in [0.717, 1.165) is 63.6 Å². The quantitative estimate of drug-likeness (QED) is 0.305. The number of nitrogens with zero attached hydrogens (tertiary/aromatic N) is 4. The molecule has 1 aromatic heterocycles. The molecule has 244 valence electrons. The molecule has 5 amide bonds. The summed E-state index contributed by atoms with van der Waals surface area (Å²) in [4.78, 5) is 57.3. The van der Waals surface area contributed by atoms with E-state index in [-0.39, 0.29) is 41.6 Å². The van der Waals surface area contributed by atoms with Gasteiger partial charge in [-0.1, -0.05) is 38.3 Å². The van der Waals surface area contributed by atoms with Gasteiger partial charge < -0.3 is 31.1 Å². The van der Waals surface area contributed by atoms with Crippen LogP contribution in [-0.4, -0.2) is 94.7 Å². The number of hydrogen-bond donors (Lipinski definition) is 4. The Balaban J connectivity index is 1.27. The Kier molecular flexibility index (Phi) is 10.7. The zero-order chi connectivity index (χ0) is 31.9. The Hall–Kier alpha value is -3.93. The molecular weight excluding hydrogens is 572 g/mol. The average molecular weight is 621 g/mol. The van der Waals surface area contributed by atoms with Crippen molar-refractivity contribution in [2.75, 3.05) is 38.5 Å². The second-order valence-electron chi connectivity index (χ2n) is 12.8. The first-order chi connectivity index (χ1) is 21.7. The summed E-state index contributed by atoms with van der Waals surface area (Å²) >= 11 is 0. The summed E-state index contributed by atoms with van der Waals surface area (Å²) in [5.41, 5.74) is 1.91. The van der Waals surface area contributed by atoms with E-state index in [1.54, 1.807) is 16.9 Å². The molecule has 1 aromatic carbocycles. The highest BCUT2D eigenvalue weighted by atomic mass is 16.2. The minimum absolute atomic E-state index is 0.0502. The van der Waals surface area contributed by atoms with Gasteiger partial charge in [0.15, 0.2) is 0 Å².